The number of nitrogens with zero attached hydrogens (tertiary/aromatic N) is 1. The molecule has 19 heavy (non-hydrogen) atoms. The van der Waals surface area contributed by atoms with Crippen LogP contribution in [0.25, 0.3) is 0 Å². The zero-order chi connectivity index (χ0) is 13.2. The normalized spacial score (nSPS) is 26.3. The van der Waals surface area contributed by atoms with Gasteiger partial charge >= 0.3 is 0 Å². The van der Waals surface area contributed by atoms with Crippen LogP contribution in [0, 0.1) is 0 Å². The van der Waals surface area contributed by atoms with Crippen molar-refractivity contribution < 1.29 is 4.79 Å². The van der Waals surface area contributed by atoms with Crippen LogP contribution in [0.5, 0.6) is 0 Å². The monoisotopic (exact) mass is 276 g/mol. The van der Waals surface area contributed by atoms with Crippen molar-refractivity contribution in [1.82, 2.24) is 4.90 Å². The fourth-order valence-corrected chi connectivity index (χ4v) is 4.32. The third kappa shape index (κ3) is 2.39. The van der Waals surface area contributed by atoms with E-state index in [2.05, 4.69) is 12.1 Å². The van der Waals surface area contributed by atoms with Crippen LogP contribution < -0.4 is 5.73 Å². The first-order valence-electron chi connectivity index (χ1n) is 7.03. The Bertz CT molecular complexity index is 477. The van der Waals surface area contributed by atoms with Gasteiger partial charge in [0.1, 0.15) is 0 Å². The van der Waals surface area contributed by atoms with E-state index in [0.717, 1.165) is 25.1 Å². The van der Waals surface area contributed by atoms with Crippen LogP contribution in [0.2, 0.25) is 0 Å². The summed E-state index contributed by atoms with van der Waals surface area (Å²) >= 11 is 1.80. The van der Waals surface area contributed by atoms with E-state index in [1.54, 1.807) is 11.8 Å². The zero-order valence-corrected chi connectivity index (χ0v) is 11.9. The summed E-state index contributed by atoms with van der Waals surface area (Å²) in [6.45, 7) is 1.47. The van der Waals surface area contributed by atoms with Gasteiger partial charge in [-0.25, -0.2) is 0 Å². The zero-order valence-electron chi connectivity index (χ0n) is 11.0. The quantitative estimate of drug-likeness (QED) is 0.901. The van der Waals surface area contributed by atoms with E-state index < -0.39 is 0 Å². The van der Waals surface area contributed by atoms with Crippen LogP contribution in [-0.2, 0) is 4.79 Å². The third-order valence-electron chi connectivity index (χ3n) is 4.18. The van der Waals surface area contributed by atoms with Crippen LogP contribution in [0.4, 0.5) is 0 Å². The Morgan fingerprint density at radius 2 is 2.21 bits per heavy atom. The second-order valence-corrected chi connectivity index (χ2v) is 6.38. The number of nitrogens with two attached hydrogens (primary N) is 1. The number of piperidine rings is 1. The Morgan fingerprint density at radius 1 is 1.37 bits per heavy atom. The van der Waals surface area contributed by atoms with Gasteiger partial charge in [-0.05, 0) is 30.9 Å². The number of amides is 1. The van der Waals surface area contributed by atoms with Gasteiger partial charge in [-0.3, -0.25) is 4.79 Å². The van der Waals surface area contributed by atoms with Crippen LogP contribution in [0.15, 0.2) is 29.2 Å². The second kappa shape index (κ2) is 5.55. The Labute approximate surface area is 118 Å². The summed E-state index contributed by atoms with van der Waals surface area (Å²) < 4.78 is 0. The van der Waals surface area contributed by atoms with Gasteiger partial charge in [-0.15, -0.1) is 11.8 Å². The van der Waals surface area contributed by atoms with Gasteiger partial charge in [0, 0.05) is 29.8 Å². The lowest BCUT2D eigenvalue weighted by Gasteiger charge is -2.36. The van der Waals surface area contributed by atoms with Crippen LogP contribution in [-0.4, -0.2) is 35.7 Å². The minimum absolute atomic E-state index is 0.0355. The summed E-state index contributed by atoms with van der Waals surface area (Å²) in [5.41, 5.74) is 7.03. The largest absolute Gasteiger partial charge is 0.338 e. The maximum atomic E-state index is 12.8. The molecule has 2 heterocycles. The summed E-state index contributed by atoms with van der Waals surface area (Å²) in [6.07, 6.45) is 3.37. The molecule has 1 amide bonds. The first kappa shape index (κ1) is 13.0. The molecule has 4 heteroatoms. The van der Waals surface area contributed by atoms with E-state index in [4.69, 9.17) is 5.73 Å². The molecule has 2 atom stereocenters. The lowest BCUT2D eigenvalue weighted by atomic mass is 9.95. The van der Waals surface area contributed by atoms with Gasteiger partial charge in [-0.1, -0.05) is 18.2 Å². The molecule has 1 saturated heterocycles. The predicted octanol–water partition coefficient (Wildman–Crippen LogP) is 2.22. The molecule has 2 N–H and O–H groups in total. The van der Waals surface area contributed by atoms with E-state index in [9.17, 15) is 4.79 Å². The maximum Gasteiger partial charge on any atom is 0.231 e. The van der Waals surface area contributed by atoms with E-state index in [0.29, 0.717) is 6.54 Å². The fourth-order valence-electron chi connectivity index (χ4n) is 3.10. The maximum absolute atomic E-state index is 12.8. The average molecular weight is 276 g/mol. The SMILES string of the molecule is NCC1CCCCN1C(=O)C1CSc2ccccc21. The predicted molar refractivity (Wildman–Crippen MR) is 78.3 cm³/mol. The van der Waals surface area contributed by atoms with Crippen molar-refractivity contribution in [1.29, 1.82) is 0 Å². The van der Waals surface area contributed by atoms with Crippen molar-refractivity contribution in [3.05, 3.63) is 29.8 Å². The number of fused-ring (bicyclic) bond motifs is 1. The molecule has 0 aliphatic carbocycles. The van der Waals surface area contributed by atoms with Crippen molar-refractivity contribution >= 4 is 17.7 Å². The van der Waals surface area contributed by atoms with Gasteiger partial charge in [0.2, 0.25) is 5.91 Å². The first-order valence-corrected chi connectivity index (χ1v) is 8.02. The highest BCUT2D eigenvalue weighted by molar-refractivity contribution is 7.99. The standard InChI is InChI=1S/C15H20N2OS/c16-9-11-5-3-4-8-17(11)15(18)13-10-19-14-7-2-1-6-12(13)14/h1-2,6-7,11,13H,3-5,8-10,16H2. The summed E-state index contributed by atoms with van der Waals surface area (Å²) in [4.78, 5) is 16.1. The molecule has 102 valence electrons. The number of hydrogen-bond acceptors (Lipinski definition) is 3. The molecule has 0 spiro atoms. The average Bonchev–Trinajstić information content (AvgIpc) is 2.90. The molecule has 2 unspecified atom stereocenters. The highest BCUT2D eigenvalue weighted by Gasteiger charge is 2.35. The number of thioether (sulfide) groups is 1. The Hall–Kier alpha value is -1.00. The Morgan fingerprint density at radius 3 is 3.05 bits per heavy atom. The second-order valence-electron chi connectivity index (χ2n) is 5.32. The van der Waals surface area contributed by atoms with Crippen molar-refractivity contribution in [3.8, 4) is 0 Å². The van der Waals surface area contributed by atoms with Crippen LogP contribution in [0.1, 0.15) is 30.7 Å². The van der Waals surface area contributed by atoms with E-state index in [1.165, 1.54) is 16.9 Å². The molecule has 2 aliphatic rings. The molecular formula is C15H20N2OS. The molecule has 3 nitrogen and oxygen atoms in total. The first-order chi connectivity index (χ1) is 9.31. The molecule has 2 aliphatic heterocycles. The van der Waals surface area contributed by atoms with Crippen LogP contribution >= 0.6 is 11.8 Å². The number of benzene rings is 1. The fraction of sp³-hybridized carbons (Fsp3) is 0.533. The van der Waals surface area contributed by atoms with Crippen molar-refractivity contribution in [2.24, 2.45) is 5.73 Å². The highest BCUT2D eigenvalue weighted by atomic mass is 32.2. The Kier molecular flexibility index (Phi) is 3.80. The van der Waals surface area contributed by atoms with Crippen molar-refractivity contribution in [2.75, 3.05) is 18.8 Å². The number of carbonyl (C=O) groups excluding carboxylic acids is 1. The minimum Gasteiger partial charge on any atom is -0.338 e. The number of hydrogen-bond donors (Lipinski definition) is 1. The molecule has 0 bridgehead atoms. The van der Waals surface area contributed by atoms with Crippen molar-refractivity contribution in [2.45, 2.75) is 36.1 Å². The molecule has 1 fully saturated rings. The lowest BCUT2D eigenvalue weighted by Crippen LogP contribution is -2.49. The van der Waals surface area contributed by atoms with Gasteiger partial charge in [0.05, 0.1) is 5.92 Å². The highest BCUT2D eigenvalue weighted by Crippen LogP contribution is 2.40. The summed E-state index contributed by atoms with van der Waals surface area (Å²) in [5.74, 6) is 1.20. The minimum atomic E-state index is 0.0355. The summed E-state index contributed by atoms with van der Waals surface area (Å²) in [6, 6.07) is 8.53. The van der Waals surface area contributed by atoms with E-state index in [-0.39, 0.29) is 17.9 Å². The smallest absolute Gasteiger partial charge is 0.231 e. The molecule has 1 aromatic rings. The molecule has 3 rings (SSSR count). The van der Waals surface area contributed by atoms with Gasteiger partial charge in [0.25, 0.3) is 0 Å². The summed E-state index contributed by atoms with van der Waals surface area (Å²) in [7, 11) is 0. The van der Waals surface area contributed by atoms with Crippen molar-refractivity contribution in [3.63, 3.8) is 0 Å². The summed E-state index contributed by atoms with van der Waals surface area (Å²) in [5, 5.41) is 0. The number of rotatable bonds is 2. The molecule has 0 saturated carbocycles. The molecule has 1 aromatic carbocycles. The molecule has 0 aromatic heterocycles. The van der Waals surface area contributed by atoms with Crippen LogP contribution in [0.3, 0.4) is 0 Å². The third-order valence-corrected chi connectivity index (χ3v) is 5.36. The Balaban J connectivity index is 1.81. The van der Waals surface area contributed by atoms with Gasteiger partial charge in [-0.2, -0.15) is 0 Å². The topological polar surface area (TPSA) is 46.3 Å². The van der Waals surface area contributed by atoms with E-state index >= 15 is 0 Å². The lowest BCUT2D eigenvalue weighted by molar-refractivity contribution is -0.135. The van der Waals surface area contributed by atoms with Gasteiger partial charge < -0.3 is 10.6 Å². The molecular weight excluding hydrogens is 256 g/mol. The number of carbonyl (C=O) groups is 1. The van der Waals surface area contributed by atoms with Gasteiger partial charge in [0.15, 0.2) is 0 Å². The van der Waals surface area contributed by atoms with E-state index in [1.807, 2.05) is 17.0 Å². The number of likely N-dealkylation sites (tertiary alicyclic amines) is 1. The molecule has 0 radical (unpaired) electrons.